The van der Waals surface area contributed by atoms with Crippen LogP contribution >= 0.6 is 0 Å². The summed E-state index contributed by atoms with van der Waals surface area (Å²) in [5, 5.41) is 0. The van der Waals surface area contributed by atoms with Gasteiger partial charge < -0.3 is 14.2 Å². The highest BCUT2D eigenvalue weighted by molar-refractivity contribution is 5.71. The molecule has 6 heteroatoms. The minimum absolute atomic E-state index is 0.102. The summed E-state index contributed by atoms with van der Waals surface area (Å²) in [4.78, 5) is 38.1. The van der Waals surface area contributed by atoms with Gasteiger partial charge in [0.05, 0.1) is 0 Å². The standard InChI is InChI=1S/C74H118O6/c1-4-7-10-13-16-19-21-23-25-27-29-31-32-33-34-35-36-37-38-39-40-41-42-44-45-47-49-51-53-55-58-61-64-67-73(76)79-70-71(69-78-72(75)66-63-60-57-18-15-12-9-6-3)80-74(77)68-65-62-59-56-54-52-50-48-46-43-30-28-26-24-22-20-17-14-11-8-5-2/h7,10,16,19,22-25,28-31,33-34,36-37,39-40,42,44,46-49,53,55,71H,4-6,8-9,11-15,17-18,20-21,26-27,32,35,38,41,43,45,50-52,54,56-70H2,1-3H3/b10-7-,19-16-,24-22-,25-23-,30-28-,31-29-,34-33-,37-36-,40-39-,44-42-,48-46-,49-47-,55-53-. The van der Waals surface area contributed by atoms with Gasteiger partial charge in [0.2, 0.25) is 0 Å². The molecule has 0 aromatic carbocycles. The van der Waals surface area contributed by atoms with Crippen LogP contribution in [0.4, 0.5) is 0 Å². The van der Waals surface area contributed by atoms with Gasteiger partial charge >= 0.3 is 17.9 Å². The van der Waals surface area contributed by atoms with Crippen LogP contribution in [0.3, 0.4) is 0 Å². The number of rotatable bonds is 57. The summed E-state index contributed by atoms with van der Waals surface area (Å²) in [5.74, 6) is -0.968. The first-order valence-corrected chi connectivity index (χ1v) is 32.5. The maximum Gasteiger partial charge on any atom is 0.306 e. The molecule has 0 spiro atoms. The highest BCUT2D eigenvalue weighted by Gasteiger charge is 2.19. The molecule has 0 N–H and O–H groups in total. The lowest BCUT2D eigenvalue weighted by Crippen LogP contribution is -2.30. The zero-order valence-corrected chi connectivity index (χ0v) is 51.5. The van der Waals surface area contributed by atoms with Crippen molar-refractivity contribution in [3.63, 3.8) is 0 Å². The largest absolute Gasteiger partial charge is 0.462 e. The molecule has 0 rings (SSSR count). The Labute approximate surface area is 492 Å². The molecule has 0 saturated heterocycles. The van der Waals surface area contributed by atoms with E-state index in [1.807, 2.05) is 0 Å². The Kier molecular flexibility index (Phi) is 62.4. The predicted molar refractivity (Wildman–Crippen MR) is 348 cm³/mol. The van der Waals surface area contributed by atoms with Gasteiger partial charge in [-0.2, -0.15) is 0 Å². The molecule has 0 aliphatic rings. The van der Waals surface area contributed by atoms with Crippen molar-refractivity contribution in [1.29, 1.82) is 0 Å². The number of hydrogen-bond acceptors (Lipinski definition) is 6. The second kappa shape index (κ2) is 66.5. The van der Waals surface area contributed by atoms with Crippen LogP contribution in [0.1, 0.15) is 271 Å². The van der Waals surface area contributed by atoms with Crippen LogP contribution in [0.5, 0.6) is 0 Å². The average molecular weight is 1100 g/mol. The second-order valence-electron chi connectivity index (χ2n) is 20.9. The Hall–Kier alpha value is -4.97. The van der Waals surface area contributed by atoms with E-state index in [-0.39, 0.29) is 31.1 Å². The monoisotopic (exact) mass is 1100 g/mol. The molecule has 0 saturated carbocycles. The number of carbonyl (C=O) groups is 3. The van der Waals surface area contributed by atoms with Gasteiger partial charge in [-0.3, -0.25) is 14.4 Å². The molecule has 0 amide bonds. The summed E-state index contributed by atoms with van der Waals surface area (Å²) in [5.41, 5.74) is 0. The summed E-state index contributed by atoms with van der Waals surface area (Å²) in [6.45, 7) is 6.43. The van der Waals surface area contributed by atoms with Crippen molar-refractivity contribution in [2.45, 2.75) is 277 Å². The Morgan fingerprint density at radius 2 is 0.487 bits per heavy atom. The molecule has 1 unspecified atom stereocenters. The van der Waals surface area contributed by atoms with Crippen LogP contribution in [0.2, 0.25) is 0 Å². The molecule has 0 aromatic heterocycles. The van der Waals surface area contributed by atoms with Gasteiger partial charge in [-0.15, -0.1) is 0 Å². The van der Waals surface area contributed by atoms with E-state index in [0.717, 1.165) is 141 Å². The zero-order chi connectivity index (χ0) is 57.8. The van der Waals surface area contributed by atoms with Crippen LogP contribution < -0.4 is 0 Å². The fraction of sp³-hybridized carbons (Fsp3) is 0.608. The zero-order valence-electron chi connectivity index (χ0n) is 51.5. The van der Waals surface area contributed by atoms with Gasteiger partial charge in [0.15, 0.2) is 6.10 Å². The van der Waals surface area contributed by atoms with Gasteiger partial charge in [-0.1, -0.05) is 275 Å². The van der Waals surface area contributed by atoms with Crippen LogP contribution in [0, 0.1) is 0 Å². The van der Waals surface area contributed by atoms with E-state index < -0.39 is 6.10 Å². The summed E-state index contributed by atoms with van der Waals surface area (Å²) in [6.07, 6.45) is 97.0. The molecule has 6 nitrogen and oxygen atoms in total. The number of carbonyl (C=O) groups excluding carboxylic acids is 3. The Morgan fingerprint density at radius 3 is 0.787 bits per heavy atom. The molecule has 0 aromatic rings. The fourth-order valence-electron chi connectivity index (χ4n) is 8.42. The molecule has 80 heavy (non-hydrogen) atoms. The van der Waals surface area contributed by atoms with E-state index >= 15 is 0 Å². The normalized spacial score (nSPS) is 13.2. The van der Waals surface area contributed by atoms with Gasteiger partial charge in [0.25, 0.3) is 0 Å². The van der Waals surface area contributed by atoms with Crippen molar-refractivity contribution < 1.29 is 28.6 Å². The molecule has 0 radical (unpaired) electrons. The smallest absolute Gasteiger partial charge is 0.306 e. The Bertz CT molecular complexity index is 1790. The molecular formula is C74H118O6. The van der Waals surface area contributed by atoms with E-state index in [2.05, 4.69) is 179 Å². The van der Waals surface area contributed by atoms with Crippen LogP contribution in [0.15, 0.2) is 158 Å². The van der Waals surface area contributed by atoms with Crippen molar-refractivity contribution in [3.05, 3.63) is 158 Å². The third-order valence-corrected chi connectivity index (χ3v) is 13.3. The quantitative estimate of drug-likeness (QED) is 0.0261. The van der Waals surface area contributed by atoms with Crippen molar-refractivity contribution in [1.82, 2.24) is 0 Å². The van der Waals surface area contributed by atoms with E-state index in [4.69, 9.17) is 14.2 Å². The number of allylic oxidation sites excluding steroid dienone is 26. The number of esters is 3. The maximum atomic E-state index is 12.9. The molecule has 0 aliphatic heterocycles. The van der Waals surface area contributed by atoms with E-state index in [9.17, 15) is 14.4 Å². The van der Waals surface area contributed by atoms with Crippen molar-refractivity contribution >= 4 is 17.9 Å². The number of hydrogen-bond donors (Lipinski definition) is 0. The third-order valence-electron chi connectivity index (χ3n) is 13.3. The van der Waals surface area contributed by atoms with Gasteiger partial charge in [-0.25, -0.2) is 0 Å². The van der Waals surface area contributed by atoms with E-state index in [0.29, 0.717) is 25.7 Å². The van der Waals surface area contributed by atoms with E-state index in [1.54, 1.807) is 0 Å². The molecule has 0 fully saturated rings. The van der Waals surface area contributed by atoms with Gasteiger partial charge in [0.1, 0.15) is 13.2 Å². The summed E-state index contributed by atoms with van der Waals surface area (Å²) < 4.78 is 16.8. The lowest BCUT2D eigenvalue weighted by Gasteiger charge is -2.18. The van der Waals surface area contributed by atoms with Crippen LogP contribution in [-0.2, 0) is 28.6 Å². The van der Waals surface area contributed by atoms with Crippen LogP contribution in [-0.4, -0.2) is 37.2 Å². The molecule has 450 valence electrons. The molecule has 1 atom stereocenters. The minimum atomic E-state index is -0.808. The Balaban J connectivity index is 4.32. The number of unbranched alkanes of at least 4 members (excludes halogenated alkanes) is 20. The fourth-order valence-corrected chi connectivity index (χ4v) is 8.42. The molecular weight excluding hydrogens is 985 g/mol. The van der Waals surface area contributed by atoms with Crippen LogP contribution in [0.25, 0.3) is 0 Å². The van der Waals surface area contributed by atoms with Crippen molar-refractivity contribution in [3.8, 4) is 0 Å². The SMILES string of the molecule is CC/C=C\C/C=C\C/C=C\C/C=C\C/C=C\C/C=C\C/C=C\C/C=C\C/C=C\C/C=C\CCCCC(=O)OCC(COC(=O)CCCCCCCCCC)OC(=O)CCCCCCCC/C=C\C/C=C\C/C=C\CCCCCCC. The summed E-state index contributed by atoms with van der Waals surface area (Å²) in [6, 6.07) is 0. The lowest BCUT2D eigenvalue weighted by atomic mass is 10.1. The topological polar surface area (TPSA) is 78.9 Å². The first kappa shape index (κ1) is 75.0. The highest BCUT2D eigenvalue weighted by atomic mass is 16.6. The van der Waals surface area contributed by atoms with Gasteiger partial charge in [0, 0.05) is 19.3 Å². The molecule has 0 aliphatic carbocycles. The molecule has 0 heterocycles. The minimum Gasteiger partial charge on any atom is -0.462 e. The average Bonchev–Trinajstić information content (AvgIpc) is 3.46. The molecule has 0 bridgehead atoms. The van der Waals surface area contributed by atoms with E-state index in [1.165, 1.54) is 83.5 Å². The summed E-state index contributed by atoms with van der Waals surface area (Å²) in [7, 11) is 0. The lowest BCUT2D eigenvalue weighted by molar-refractivity contribution is -0.167. The van der Waals surface area contributed by atoms with Crippen molar-refractivity contribution in [2.24, 2.45) is 0 Å². The van der Waals surface area contributed by atoms with Crippen molar-refractivity contribution in [2.75, 3.05) is 13.2 Å². The first-order chi connectivity index (χ1) is 39.5. The Morgan fingerprint density at radius 1 is 0.263 bits per heavy atom. The predicted octanol–water partition coefficient (Wildman–Crippen LogP) is 22.5. The third kappa shape index (κ3) is 63.9. The summed E-state index contributed by atoms with van der Waals surface area (Å²) >= 11 is 0. The second-order valence-corrected chi connectivity index (χ2v) is 20.9. The highest BCUT2D eigenvalue weighted by Crippen LogP contribution is 2.14. The maximum absolute atomic E-state index is 12.9. The van der Waals surface area contributed by atoms with Gasteiger partial charge in [-0.05, 0) is 135 Å². The first-order valence-electron chi connectivity index (χ1n) is 32.5. The number of ether oxygens (including phenoxy) is 3.